The normalized spacial score (nSPS) is 11.5. The lowest BCUT2D eigenvalue weighted by atomic mass is 9.95. The highest BCUT2D eigenvalue weighted by Crippen LogP contribution is 2.44. The van der Waals surface area contributed by atoms with Crippen molar-refractivity contribution in [3.05, 3.63) is 249 Å². The number of nitrogens with zero attached hydrogens (tertiary/aromatic N) is 5. The zero-order valence-corrected chi connectivity index (χ0v) is 36.9. The Hall–Kier alpha value is -9.19. The van der Waals surface area contributed by atoms with Gasteiger partial charge in [0.05, 0.1) is 27.8 Å². The van der Waals surface area contributed by atoms with E-state index < -0.39 is 0 Å². The van der Waals surface area contributed by atoms with Gasteiger partial charge >= 0.3 is 0 Å². The molecular formula is C63H41N5. The van der Waals surface area contributed by atoms with Gasteiger partial charge in [0.25, 0.3) is 0 Å². The highest BCUT2D eigenvalue weighted by Gasteiger charge is 2.25. The lowest BCUT2D eigenvalue weighted by molar-refractivity contribution is 0.953. The van der Waals surface area contributed by atoms with Crippen molar-refractivity contribution in [2.75, 3.05) is 0 Å². The van der Waals surface area contributed by atoms with Crippen LogP contribution in [-0.2, 0) is 0 Å². The van der Waals surface area contributed by atoms with Gasteiger partial charge in [-0.3, -0.25) is 4.57 Å². The third kappa shape index (κ3) is 6.68. The molecule has 0 saturated carbocycles. The van der Waals surface area contributed by atoms with E-state index in [2.05, 4.69) is 234 Å². The van der Waals surface area contributed by atoms with Crippen molar-refractivity contribution >= 4 is 43.6 Å². The van der Waals surface area contributed by atoms with Crippen molar-refractivity contribution in [2.24, 2.45) is 0 Å². The highest BCUT2D eigenvalue weighted by atomic mass is 15.2. The molecule has 318 valence electrons. The number of fused-ring (bicyclic) bond motifs is 7. The van der Waals surface area contributed by atoms with Gasteiger partial charge in [-0.15, -0.1) is 0 Å². The molecule has 0 bridgehead atoms. The number of aromatic nitrogens is 5. The van der Waals surface area contributed by atoms with Crippen LogP contribution in [0.1, 0.15) is 0 Å². The maximum absolute atomic E-state index is 5.43. The fraction of sp³-hybridized carbons (Fsp3) is 0. The number of para-hydroxylation sites is 2. The number of rotatable bonds is 8. The van der Waals surface area contributed by atoms with Crippen LogP contribution in [0.4, 0.5) is 0 Å². The van der Waals surface area contributed by atoms with E-state index in [9.17, 15) is 0 Å². The summed E-state index contributed by atoms with van der Waals surface area (Å²) in [6.07, 6.45) is 0. The molecule has 0 radical (unpaired) electrons. The predicted molar refractivity (Wildman–Crippen MR) is 281 cm³/mol. The van der Waals surface area contributed by atoms with Crippen LogP contribution in [0.15, 0.2) is 249 Å². The predicted octanol–water partition coefficient (Wildman–Crippen LogP) is 16.1. The van der Waals surface area contributed by atoms with Gasteiger partial charge in [0.15, 0.2) is 11.6 Å². The molecule has 0 saturated heterocycles. The van der Waals surface area contributed by atoms with E-state index in [1.165, 1.54) is 11.1 Å². The van der Waals surface area contributed by atoms with Crippen LogP contribution in [0.2, 0.25) is 0 Å². The Morgan fingerprint density at radius 1 is 0.250 bits per heavy atom. The first-order valence-corrected chi connectivity index (χ1v) is 23.0. The number of benzene rings is 10. The zero-order chi connectivity index (χ0) is 45.0. The van der Waals surface area contributed by atoms with Gasteiger partial charge in [0.1, 0.15) is 0 Å². The second-order valence-electron chi connectivity index (χ2n) is 17.2. The van der Waals surface area contributed by atoms with Gasteiger partial charge in [-0.2, -0.15) is 9.97 Å². The Morgan fingerprint density at radius 2 is 0.647 bits per heavy atom. The van der Waals surface area contributed by atoms with Crippen molar-refractivity contribution in [3.8, 4) is 78.9 Å². The monoisotopic (exact) mass is 867 g/mol. The van der Waals surface area contributed by atoms with Crippen LogP contribution in [0.3, 0.4) is 0 Å². The molecule has 13 rings (SSSR count). The quantitative estimate of drug-likeness (QED) is 0.153. The summed E-state index contributed by atoms with van der Waals surface area (Å²) in [5, 5.41) is 4.53. The van der Waals surface area contributed by atoms with E-state index in [-0.39, 0.29) is 0 Å². The summed E-state index contributed by atoms with van der Waals surface area (Å²) >= 11 is 0. The first-order chi connectivity index (χ1) is 33.7. The smallest absolute Gasteiger partial charge is 0.238 e. The number of hydrogen-bond acceptors (Lipinski definition) is 3. The standard InChI is InChI=1S/C63H41N5/c1-5-18-42(19-6-1)45-32-34-47(35-33-45)62-64-61(46-24-11-4-12-25-46)65-63(66-62)68-57-31-16-14-29-53(57)55-39-38-54-52-28-13-15-30-56(52)67(59(54)60(55)68)58-41-49(44-22-9-3-10-23-44)36-37-51(58)50-27-17-26-48(40-50)43-20-7-2-8-21-43/h1-41H. The molecule has 0 aliphatic heterocycles. The Balaban J connectivity index is 1.13. The molecule has 5 heteroatoms. The van der Waals surface area contributed by atoms with Gasteiger partial charge < -0.3 is 4.57 Å². The largest absolute Gasteiger partial charge is 0.307 e. The van der Waals surface area contributed by atoms with Crippen molar-refractivity contribution in [2.45, 2.75) is 0 Å². The molecule has 68 heavy (non-hydrogen) atoms. The van der Waals surface area contributed by atoms with E-state index in [4.69, 9.17) is 15.0 Å². The van der Waals surface area contributed by atoms with Gasteiger partial charge in [0.2, 0.25) is 5.95 Å². The first kappa shape index (κ1) is 39.2. The van der Waals surface area contributed by atoms with Crippen LogP contribution in [0.5, 0.6) is 0 Å². The van der Waals surface area contributed by atoms with E-state index in [0.717, 1.165) is 93.8 Å². The molecular weight excluding hydrogens is 827 g/mol. The van der Waals surface area contributed by atoms with E-state index >= 15 is 0 Å². The Kier molecular flexibility index (Phi) is 9.43. The topological polar surface area (TPSA) is 48.5 Å². The minimum Gasteiger partial charge on any atom is -0.307 e. The molecule has 10 aromatic carbocycles. The molecule has 0 aliphatic carbocycles. The van der Waals surface area contributed by atoms with Crippen LogP contribution in [0, 0.1) is 0 Å². The first-order valence-electron chi connectivity index (χ1n) is 23.0. The van der Waals surface area contributed by atoms with Gasteiger partial charge in [-0.25, -0.2) is 4.98 Å². The van der Waals surface area contributed by atoms with E-state index in [1.807, 2.05) is 24.3 Å². The molecule has 0 unspecified atom stereocenters. The van der Waals surface area contributed by atoms with Crippen LogP contribution < -0.4 is 0 Å². The molecule has 0 fully saturated rings. The molecule has 0 atom stereocenters. The van der Waals surface area contributed by atoms with Crippen molar-refractivity contribution in [1.82, 2.24) is 24.1 Å². The van der Waals surface area contributed by atoms with E-state index in [1.54, 1.807) is 0 Å². The number of hydrogen-bond donors (Lipinski definition) is 0. The van der Waals surface area contributed by atoms with Crippen molar-refractivity contribution in [1.29, 1.82) is 0 Å². The molecule has 3 heterocycles. The Labute approximate surface area is 393 Å². The summed E-state index contributed by atoms with van der Waals surface area (Å²) in [6, 6.07) is 88.3. The van der Waals surface area contributed by atoms with Gasteiger partial charge in [0, 0.05) is 38.2 Å². The molecule has 0 amide bonds. The molecule has 0 spiro atoms. The minimum absolute atomic E-state index is 0.547. The van der Waals surface area contributed by atoms with Gasteiger partial charge in [-0.05, 0) is 63.2 Å². The second-order valence-corrected chi connectivity index (χ2v) is 17.2. The fourth-order valence-corrected chi connectivity index (χ4v) is 9.98. The van der Waals surface area contributed by atoms with Crippen LogP contribution in [-0.4, -0.2) is 24.1 Å². The summed E-state index contributed by atoms with van der Waals surface area (Å²) in [5.74, 6) is 1.75. The van der Waals surface area contributed by atoms with Crippen LogP contribution in [0.25, 0.3) is 123 Å². The summed E-state index contributed by atoms with van der Waals surface area (Å²) in [7, 11) is 0. The average molecular weight is 868 g/mol. The summed E-state index contributed by atoms with van der Waals surface area (Å²) in [6.45, 7) is 0. The second kappa shape index (κ2) is 16.4. The summed E-state index contributed by atoms with van der Waals surface area (Å²) < 4.78 is 4.76. The van der Waals surface area contributed by atoms with Gasteiger partial charge in [-0.1, -0.05) is 224 Å². The Morgan fingerprint density at radius 3 is 1.24 bits per heavy atom. The summed E-state index contributed by atoms with van der Waals surface area (Å²) in [5.41, 5.74) is 16.3. The SMILES string of the molecule is c1ccc(-c2ccc(-c3nc(-c4ccccc4)nc(-n4c5ccccc5c5ccc6c7ccccc7n(-c7cc(-c8ccccc8)ccc7-c7cccc(-c8ccccc8)c7)c6c54)n3)cc2)cc1. The third-order valence-corrected chi connectivity index (χ3v) is 13.2. The maximum atomic E-state index is 5.43. The van der Waals surface area contributed by atoms with E-state index in [0.29, 0.717) is 17.6 Å². The molecule has 0 aliphatic rings. The van der Waals surface area contributed by atoms with Crippen molar-refractivity contribution in [3.63, 3.8) is 0 Å². The molecule has 13 aromatic rings. The summed E-state index contributed by atoms with van der Waals surface area (Å²) in [4.78, 5) is 16.0. The highest BCUT2D eigenvalue weighted by molar-refractivity contribution is 6.24. The lowest BCUT2D eigenvalue weighted by Crippen LogP contribution is -2.07. The zero-order valence-electron chi connectivity index (χ0n) is 36.9. The third-order valence-electron chi connectivity index (χ3n) is 13.2. The van der Waals surface area contributed by atoms with Crippen LogP contribution >= 0.6 is 0 Å². The molecule has 0 N–H and O–H groups in total. The minimum atomic E-state index is 0.547. The molecule has 3 aromatic heterocycles. The maximum Gasteiger partial charge on any atom is 0.238 e. The van der Waals surface area contributed by atoms with Crippen molar-refractivity contribution < 1.29 is 0 Å². The molecule has 5 nitrogen and oxygen atoms in total. The Bertz CT molecular complexity index is 3990. The average Bonchev–Trinajstić information content (AvgIpc) is 3.95. The fourth-order valence-electron chi connectivity index (χ4n) is 9.98. The lowest BCUT2D eigenvalue weighted by Gasteiger charge is -2.18.